The molecule has 0 aromatic carbocycles. The molecule has 7 heteroatoms. The van der Waals surface area contributed by atoms with Gasteiger partial charge in [0.05, 0.1) is 0 Å². The number of piperazine rings is 1. The first-order valence-corrected chi connectivity index (χ1v) is 8.33. The van der Waals surface area contributed by atoms with Crippen LogP contribution in [0.15, 0.2) is 36.8 Å². The summed E-state index contributed by atoms with van der Waals surface area (Å²) in [6.45, 7) is 2.90. The molecule has 1 aliphatic heterocycles. The maximum atomic E-state index is 12.7. The molecule has 1 saturated heterocycles. The fourth-order valence-electron chi connectivity index (χ4n) is 2.83. The van der Waals surface area contributed by atoms with Crippen molar-refractivity contribution in [1.29, 1.82) is 0 Å². The molecule has 3 heterocycles. The molecule has 1 saturated carbocycles. The van der Waals surface area contributed by atoms with Crippen LogP contribution < -0.4 is 10.2 Å². The zero-order valence-corrected chi connectivity index (χ0v) is 13.4. The lowest BCUT2D eigenvalue weighted by Crippen LogP contribution is -2.49. The van der Waals surface area contributed by atoms with Crippen molar-refractivity contribution in [2.75, 3.05) is 36.4 Å². The van der Waals surface area contributed by atoms with Crippen molar-refractivity contribution in [2.45, 2.75) is 18.9 Å². The Hall–Kier alpha value is -2.70. The van der Waals surface area contributed by atoms with Crippen molar-refractivity contribution < 1.29 is 4.79 Å². The van der Waals surface area contributed by atoms with Gasteiger partial charge in [-0.1, -0.05) is 6.07 Å². The smallest absolute Gasteiger partial charge is 0.272 e. The van der Waals surface area contributed by atoms with Crippen LogP contribution in [0.25, 0.3) is 0 Å². The van der Waals surface area contributed by atoms with E-state index >= 15 is 0 Å². The van der Waals surface area contributed by atoms with Gasteiger partial charge in [0, 0.05) is 44.5 Å². The summed E-state index contributed by atoms with van der Waals surface area (Å²) >= 11 is 0. The average molecular weight is 324 g/mol. The molecule has 124 valence electrons. The monoisotopic (exact) mass is 324 g/mol. The topological polar surface area (TPSA) is 74.2 Å². The van der Waals surface area contributed by atoms with Gasteiger partial charge in [0.2, 0.25) is 0 Å². The summed E-state index contributed by atoms with van der Waals surface area (Å²) in [7, 11) is 0. The molecule has 0 spiro atoms. The summed E-state index contributed by atoms with van der Waals surface area (Å²) in [6, 6.07) is 8.15. The normalized spacial score (nSPS) is 17.7. The van der Waals surface area contributed by atoms with Gasteiger partial charge in [-0.3, -0.25) is 4.79 Å². The highest BCUT2D eigenvalue weighted by Gasteiger charge is 2.25. The van der Waals surface area contributed by atoms with Gasteiger partial charge in [-0.2, -0.15) is 0 Å². The molecule has 2 aliphatic rings. The molecule has 0 radical (unpaired) electrons. The Kier molecular flexibility index (Phi) is 3.98. The van der Waals surface area contributed by atoms with Crippen LogP contribution in [0.4, 0.5) is 11.6 Å². The third kappa shape index (κ3) is 3.29. The molecule has 0 bridgehead atoms. The number of carbonyl (C=O) groups is 1. The van der Waals surface area contributed by atoms with Gasteiger partial charge in [0.25, 0.3) is 5.91 Å². The Bertz CT molecular complexity index is 710. The fourth-order valence-corrected chi connectivity index (χ4v) is 2.83. The molecule has 4 rings (SSSR count). The molecule has 2 aromatic rings. The van der Waals surface area contributed by atoms with Gasteiger partial charge in [-0.25, -0.2) is 15.0 Å². The van der Waals surface area contributed by atoms with Crippen LogP contribution in [0.2, 0.25) is 0 Å². The van der Waals surface area contributed by atoms with Crippen molar-refractivity contribution in [3.63, 3.8) is 0 Å². The van der Waals surface area contributed by atoms with E-state index in [0.29, 0.717) is 24.8 Å². The first kappa shape index (κ1) is 14.9. The van der Waals surface area contributed by atoms with Gasteiger partial charge < -0.3 is 15.1 Å². The minimum absolute atomic E-state index is 0.0306. The van der Waals surface area contributed by atoms with Crippen molar-refractivity contribution in [3.8, 4) is 0 Å². The molecular formula is C17H20N6O. The molecule has 7 nitrogen and oxygen atoms in total. The predicted molar refractivity (Wildman–Crippen MR) is 91.0 cm³/mol. The van der Waals surface area contributed by atoms with E-state index in [2.05, 4.69) is 25.2 Å². The zero-order chi connectivity index (χ0) is 16.4. The Morgan fingerprint density at radius 1 is 1.08 bits per heavy atom. The molecule has 1 N–H and O–H groups in total. The van der Waals surface area contributed by atoms with Crippen LogP contribution >= 0.6 is 0 Å². The van der Waals surface area contributed by atoms with Crippen LogP contribution in [0.1, 0.15) is 23.3 Å². The molecule has 0 atom stereocenters. The van der Waals surface area contributed by atoms with Crippen molar-refractivity contribution in [3.05, 3.63) is 42.5 Å². The van der Waals surface area contributed by atoms with Gasteiger partial charge in [0.1, 0.15) is 23.7 Å². The second-order valence-electron chi connectivity index (χ2n) is 6.17. The van der Waals surface area contributed by atoms with Crippen LogP contribution in [0.5, 0.6) is 0 Å². The van der Waals surface area contributed by atoms with Crippen molar-refractivity contribution in [2.24, 2.45) is 0 Å². The lowest BCUT2D eigenvalue weighted by Gasteiger charge is -2.35. The number of pyridine rings is 1. The SMILES string of the molecule is O=C(c1cc(NC2CC2)ncn1)N1CCN(c2ccccn2)CC1. The first-order valence-electron chi connectivity index (χ1n) is 8.33. The van der Waals surface area contributed by atoms with Crippen molar-refractivity contribution in [1.82, 2.24) is 19.9 Å². The van der Waals surface area contributed by atoms with E-state index in [1.165, 1.54) is 19.2 Å². The van der Waals surface area contributed by atoms with E-state index in [-0.39, 0.29) is 5.91 Å². The highest BCUT2D eigenvalue weighted by atomic mass is 16.2. The van der Waals surface area contributed by atoms with Crippen molar-refractivity contribution >= 4 is 17.5 Å². The number of nitrogens with zero attached hydrogens (tertiary/aromatic N) is 5. The maximum Gasteiger partial charge on any atom is 0.272 e. The third-order valence-electron chi connectivity index (χ3n) is 4.36. The van der Waals surface area contributed by atoms with E-state index in [9.17, 15) is 4.79 Å². The molecule has 2 aromatic heterocycles. The molecule has 1 amide bonds. The summed E-state index contributed by atoms with van der Waals surface area (Å²) in [4.78, 5) is 29.4. The molecular weight excluding hydrogens is 304 g/mol. The number of rotatable bonds is 4. The summed E-state index contributed by atoms with van der Waals surface area (Å²) in [5.74, 6) is 1.67. The number of nitrogens with one attached hydrogen (secondary N) is 1. The zero-order valence-electron chi connectivity index (χ0n) is 13.4. The van der Waals surface area contributed by atoms with Gasteiger partial charge in [-0.05, 0) is 25.0 Å². The second-order valence-corrected chi connectivity index (χ2v) is 6.17. The van der Waals surface area contributed by atoms with E-state index < -0.39 is 0 Å². The Morgan fingerprint density at radius 2 is 1.92 bits per heavy atom. The number of hydrogen-bond donors (Lipinski definition) is 1. The Morgan fingerprint density at radius 3 is 2.62 bits per heavy atom. The highest BCUT2D eigenvalue weighted by Crippen LogP contribution is 2.23. The fraction of sp³-hybridized carbons (Fsp3) is 0.412. The van der Waals surface area contributed by atoms with E-state index in [1.807, 2.05) is 23.1 Å². The lowest BCUT2D eigenvalue weighted by molar-refractivity contribution is 0.0740. The molecule has 2 fully saturated rings. The highest BCUT2D eigenvalue weighted by molar-refractivity contribution is 5.93. The van der Waals surface area contributed by atoms with E-state index in [4.69, 9.17) is 0 Å². The van der Waals surface area contributed by atoms with E-state index in [1.54, 1.807) is 12.3 Å². The first-order chi connectivity index (χ1) is 11.8. The number of anilines is 2. The largest absolute Gasteiger partial charge is 0.367 e. The Labute approximate surface area is 140 Å². The van der Waals surface area contributed by atoms with Crippen LogP contribution in [0.3, 0.4) is 0 Å². The molecule has 24 heavy (non-hydrogen) atoms. The standard InChI is InChI=1S/C17H20N6O/c24-17(14-11-15(20-12-19-14)21-13-4-5-13)23-9-7-22(8-10-23)16-3-1-2-6-18-16/h1-3,6,11-13H,4-5,7-10H2,(H,19,20,21). The van der Waals surface area contributed by atoms with E-state index in [0.717, 1.165) is 24.7 Å². The summed E-state index contributed by atoms with van der Waals surface area (Å²) in [5.41, 5.74) is 0.458. The third-order valence-corrected chi connectivity index (χ3v) is 4.36. The quantitative estimate of drug-likeness (QED) is 0.916. The molecule has 1 aliphatic carbocycles. The summed E-state index contributed by atoms with van der Waals surface area (Å²) in [5, 5.41) is 3.30. The molecule has 0 unspecified atom stereocenters. The van der Waals surface area contributed by atoms with Crippen LogP contribution in [-0.4, -0.2) is 58.0 Å². The van der Waals surface area contributed by atoms with Gasteiger partial charge in [0.15, 0.2) is 0 Å². The summed E-state index contributed by atoms with van der Waals surface area (Å²) in [6.07, 6.45) is 5.59. The number of amides is 1. The minimum atomic E-state index is -0.0306. The lowest BCUT2D eigenvalue weighted by atomic mass is 10.2. The van der Waals surface area contributed by atoms with Gasteiger partial charge in [-0.15, -0.1) is 0 Å². The van der Waals surface area contributed by atoms with Crippen LogP contribution in [0, 0.1) is 0 Å². The predicted octanol–water partition coefficient (Wildman–Crippen LogP) is 1.41. The summed E-state index contributed by atoms with van der Waals surface area (Å²) < 4.78 is 0. The number of aromatic nitrogens is 3. The minimum Gasteiger partial charge on any atom is -0.367 e. The average Bonchev–Trinajstić information content (AvgIpc) is 3.46. The number of carbonyl (C=O) groups excluding carboxylic acids is 1. The van der Waals surface area contributed by atoms with Gasteiger partial charge >= 0.3 is 0 Å². The van der Waals surface area contributed by atoms with Crippen LogP contribution in [-0.2, 0) is 0 Å². The second kappa shape index (κ2) is 6.43. The number of hydrogen-bond acceptors (Lipinski definition) is 6. The Balaban J connectivity index is 1.39. The maximum absolute atomic E-state index is 12.7.